The van der Waals surface area contributed by atoms with Crippen molar-refractivity contribution in [3.8, 4) is 6.07 Å². The van der Waals surface area contributed by atoms with Crippen LogP contribution in [0.4, 0.5) is 11.4 Å². The van der Waals surface area contributed by atoms with Crippen molar-refractivity contribution in [2.45, 2.75) is 26.7 Å². The monoisotopic (exact) mass is 247 g/mol. The van der Waals surface area contributed by atoms with Crippen molar-refractivity contribution >= 4 is 11.4 Å². The van der Waals surface area contributed by atoms with E-state index in [1.54, 1.807) is 18.2 Å². The molecular weight excluding hydrogens is 226 g/mol. The molecule has 0 aliphatic carbocycles. The Hall–Kier alpha value is -1.73. The van der Waals surface area contributed by atoms with E-state index in [2.05, 4.69) is 25.2 Å². The summed E-state index contributed by atoms with van der Waals surface area (Å²) in [6, 6.07) is 7.24. The minimum absolute atomic E-state index is 0.130. The van der Waals surface area contributed by atoms with Gasteiger partial charge in [-0.2, -0.15) is 5.26 Å². The van der Waals surface area contributed by atoms with E-state index in [1.165, 1.54) is 0 Å². The molecule has 0 aliphatic heterocycles. The summed E-state index contributed by atoms with van der Waals surface area (Å²) in [4.78, 5) is 0. The summed E-state index contributed by atoms with van der Waals surface area (Å²) in [6.07, 6.45) is 1.79. The van der Waals surface area contributed by atoms with Crippen molar-refractivity contribution < 1.29 is 5.11 Å². The molecule has 0 radical (unpaired) electrons. The number of hydrogen-bond acceptors (Lipinski definition) is 4. The molecule has 0 fully saturated rings. The molecule has 0 unspecified atom stereocenters. The van der Waals surface area contributed by atoms with E-state index < -0.39 is 0 Å². The first kappa shape index (κ1) is 14.3. The Morgan fingerprint density at radius 2 is 2.06 bits per heavy atom. The number of nitriles is 1. The number of nitrogens with two attached hydrogens (primary N) is 1. The van der Waals surface area contributed by atoms with Crippen LogP contribution < -0.4 is 11.1 Å². The number of aliphatic hydroxyl groups is 1. The van der Waals surface area contributed by atoms with Crippen molar-refractivity contribution in [3.05, 3.63) is 23.8 Å². The highest BCUT2D eigenvalue weighted by atomic mass is 16.3. The minimum Gasteiger partial charge on any atom is -0.397 e. The molecular formula is C14H21N3O. The standard InChI is InChI=1S/C14H21N3O/c1-3-14(4-2,10-18)9-17-13-7-11(8-15)5-6-12(13)16/h5-7,17-18H,3-4,9-10,16H2,1-2H3. The van der Waals surface area contributed by atoms with Crippen molar-refractivity contribution in [2.75, 3.05) is 24.2 Å². The number of hydrogen-bond donors (Lipinski definition) is 3. The van der Waals surface area contributed by atoms with Gasteiger partial charge in [-0.1, -0.05) is 13.8 Å². The number of anilines is 2. The number of nitrogens with one attached hydrogen (secondary N) is 1. The number of rotatable bonds is 6. The fourth-order valence-electron chi connectivity index (χ4n) is 1.84. The lowest BCUT2D eigenvalue weighted by Gasteiger charge is -2.30. The molecule has 1 rings (SSSR count). The van der Waals surface area contributed by atoms with Gasteiger partial charge in [-0.15, -0.1) is 0 Å². The Morgan fingerprint density at radius 3 is 2.56 bits per heavy atom. The maximum absolute atomic E-state index is 9.50. The van der Waals surface area contributed by atoms with Gasteiger partial charge in [0.25, 0.3) is 0 Å². The van der Waals surface area contributed by atoms with Crippen LogP contribution in [0.25, 0.3) is 0 Å². The predicted octanol–water partition coefficient (Wildman–Crippen LogP) is 2.35. The van der Waals surface area contributed by atoms with Crippen LogP contribution in [0.3, 0.4) is 0 Å². The van der Waals surface area contributed by atoms with Gasteiger partial charge in [0.1, 0.15) is 0 Å². The van der Waals surface area contributed by atoms with Crippen LogP contribution in [0, 0.1) is 16.7 Å². The predicted molar refractivity (Wildman–Crippen MR) is 74.2 cm³/mol. The summed E-state index contributed by atoms with van der Waals surface area (Å²) >= 11 is 0. The zero-order valence-electron chi connectivity index (χ0n) is 11.0. The molecule has 18 heavy (non-hydrogen) atoms. The largest absolute Gasteiger partial charge is 0.397 e. The maximum atomic E-state index is 9.50. The zero-order chi connectivity index (χ0) is 13.6. The molecule has 0 atom stereocenters. The lowest BCUT2D eigenvalue weighted by molar-refractivity contribution is 0.127. The van der Waals surface area contributed by atoms with Crippen molar-refractivity contribution in [1.29, 1.82) is 5.26 Å². The third-order valence-electron chi connectivity index (χ3n) is 3.67. The van der Waals surface area contributed by atoms with E-state index in [1.807, 2.05) is 0 Å². The highest BCUT2D eigenvalue weighted by molar-refractivity contribution is 5.68. The summed E-state index contributed by atoms with van der Waals surface area (Å²) < 4.78 is 0. The van der Waals surface area contributed by atoms with E-state index in [9.17, 15) is 5.11 Å². The third-order valence-corrected chi connectivity index (χ3v) is 3.67. The Labute approximate surface area is 108 Å². The highest BCUT2D eigenvalue weighted by Gasteiger charge is 2.25. The normalized spacial score (nSPS) is 11.0. The number of nitrogens with zero attached hydrogens (tertiary/aromatic N) is 1. The van der Waals surface area contributed by atoms with Gasteiger partial charge >= 0.3 is 0 Å². The molecule has 0 aliphatic rings. The summed E-state index contributed by atoms with van der Waals surface area (Å²) in [5.74, 6) is 0. The van der Waals surface area contributed by atoms with Gasteiger partial charge < -0.3 is 16.2 Å². The zero-order valence-corrected chi connectivity index (χ0v) is 11.0. The number of nitrogen functional groups attached to an aromatic ring is 1. The molecule has 4 heteroatoms. The van der Waals surface area contributed by atoms with E-state index in [0.717, 1.165) is 18.5 Å². The molecule has 4 nitrogen and oxygen atoms in total. The Kier molecular flexibility index (Phi) is 4.99. The Morgan fingerprint density at radius 1 is 1.39 bits per heavy atom. The first-order chi connectivity index (χ1) is 8.60. The van der Waals surface area contributed by atoms with Gasteiger partial charge in [0.15, 0.2) is 0 Å². The van der Waals surface area contributed by atoms with E-state index in [4.69, 9.17) is 11.0 Å². The second-order valence-corrected chi connectivity index (χ2v) is 4.63. The summed E-state index contributed by atoms with van der Waals surface area (Å²) in [5, 5.41) is 21.6. The lowest BCUT2D eigenvalue weighted by Crippen LogP contribution is -2.32. The lowest BCUT2D eigenvalue weighted by atomic mass is 9.83. The molecule has 0 bridgehead atoms. The fraction of sp³-hybridized carbons (Fsp3) is 0.500. The van der Waals surface area contributed by atoms with Crippen LogP contribution in [-0.4, -0.2) is 18.3 Å². The average molecular weight is 247 g/mol. The number of aliphatic hydroxyl groups excluding tert-OH is 1. The topological polar surface area (TPSA) is 82.1 Å². The Balaban J connectivity index is 2.82. The summed E-state index contributed by atoms with van der Waals surface area (Å²) in [5.41, 5.74) is 7.69. The third kappa shape index (κ3) is 3.14. The summed E-state index contributed by atoms with van der Waals surface area (Å²) in [7, 11) is 0. The van der Waals surface area contributed by atoms with Crippen molar-refractivity contribution in [2.24, 2.45) is 5.41 Å². The molecule has 0 saturated heterocycles. The average Bonchev–Trinajstić information content (AvgIpc) is 2.42. The first-order valence-corrected chi connectivity index (χ1v) is 6.25. The van der Waals surface area contributed by atoms with Crippen LogP contribution in [0.15, 0.2) is 18.2 Å². The summed E-state index contributed by atoms with van der Waals surface area (Å²) in [6.45, 7) is 4.92. The van der Waals surface area contributed by atoms with Gasteiger partial charge in [-0.25, -0.2) is 0 Å². The maximum Gasteiger partial charge on any atom is 0.0992 e. The molecule has 0 saturated carbocycles. The van der Waals surface area contributed by atoms with E-state index in [0.29, 0.717) is 17.8 Å². The van der Waals surface area contributed by atoms with Crippen LogP contribution in [0.1, 0.15) is 32.3 Å². The van der Waals surface area contributed by atoms with Crippen molar-refractivity contribution in [3.63, 3.8) is 0 Å². The van der Waals surface area contributed by atoms with Crippen LogP contribution in [0.5, 0.6) is 0 Å². The molecule has 1 aromatic carbocycles. The molecule has 98 valence electrons. The SMILES string of the molecule is CCC(CC)(CO)CNc1cc(C#N)ccc1N. The highest BCUT2D eigenvalue weighted by Crippen LogP contribution is 2.28. The van der Waals surface area contributed by atoms with Gasteiger partial charge in [-0.3, -0.25) is 0 Å². The van der Waals surface area contributed by atoms with Gasteiger partial charge in [0, 0.05) is 12.0 Å². The second-order valence-electron chi connectivity index (χ2n) is 4.63. The molecule has 0 aromatic heterocycles. The van der Waals surface area contributed by atoms with Gasteiger partial charge in [-0.05, 0) is 31.0 Å². The first-order valence-electron chi connectivity index (χ1n) is 6.25. The minimum atomic E-state index is -0.130. The molecule has 0 amide bonds. The van der Waals surface area contributed by atoms with Crippen LogP contribution >= 0.6 is 0 Å². The van der Waals surface area contributed by atoms with E-state index >= 15 is 0 Å². The number of benzene rings is 1. The van der Waals surface area contributed by atoms with Crippen LogP contribution in [0.2, 0.25) is 0 Å². The van der Waals surface area contributed by atoms with Crippen LogP contribution in [-0.2, 0) is 0 Å². The van der Waals surface area contributed by atoms with Gasteiger partial charge in [0.05, 0.1) is 29.6 Å². The molecule has 0 spiro atoms. The second kappa shape index (κ2) is 6.27. The Bertz CT molecular complexity index is 425. The molecule has 1 aromatic rings. The van der Waals surface area contributed by atoms with Gasteiger partial charge in [0.2, 0.25) is 0 Å². The quantitative estimate of drug-likeness (QED) is 0.674. The fourth-order valence-corrected chi connectivity index (χ4v) is 1.84. The van der Waals surface area contributed by atoms with E-state index in [-0.39, 0.29) is 12.0 Å². The smallest absolute Gasteiger partial charge is 0.0992 e. The molecule has 0 heterocycles. The van der Waals surface area contributed by atoms with Crippen molar-refractivity contribution in [1.82, 2.24) is 0 Å². The molecule has 4 N–H and O–H groups in total.